The van der Waals surface area contributed by atoms with Crippen LogP contribution in [0.3, 0.4) is 0 Å². The van der Waals surface area contributed by atoms with Crippen molar-refractivity contribution in [1.82, 2.24) is 19.8 Å². The topological polar surface area (TPSA) is 64.2 Å². The standard InChI is InChI=1S/C24H21ClN4O2/c1-28-23(14-6-4-7-15(25)12-14)18-13-16-8-5-10-19(21(18)26-28)29(16)24(30)22-17-9-2-3-11-20(17)31-27-22/h2-4,6-7,9,11-12,16,19H,5,8,10,13H2,1H3/t16-,19+/m1/s1. The van der Waals surface area contributed by atoms with E-state index in [0.29, 0.717) is 16.3 Å². The number of hydrogen-bond donors (Lipinski definition) is 0. The quantitative estimate of drug-likeness (QED) is 0.438. The van der Waals surface area contributed by atoms with Crippen LogP contribution in [-0.4, -0.2) is 31.8 Å². The lowest BCUT2D eigenvalue weighted by Crippen LogP contribution is -2.50. The van der Waals surface area contributed by atoms with Gasteiger partial charge in [0.25, 0.3) is 5.91 Å². The molecule has 2 bridgehead atoms. The van der Waals surface area contributed by atoms with Crippen LogP contribution in [0.4, 0.5) is 0 Å². The number of aryl methyl sites for hydroxylation is 1. The van der Waals surface area contributed by atoms with Gasteiger partial charge in [-0.2, -0.15) is 5.10 Å². The summed E-state index contributed by atoms with van der Waals surface area (Å²) in [4.78, 5) is 15.7. The number of carbonyl (C=O) groups excluding carboxylic acids is 1. The van der Waals surface area contributed by atoms with Crippen molar-refractivity contribution in [3.63, 3.8) is 0 Å². The highest BCUT2D eigenvalue weighted by molar-refractivity contribution is 6.30. The van der Waals surface area contributed by atoms with Crippen LogP contribution in [0.2, 0.25) is 5.02 Å². The Hall–Kier alpha value is -3.12. The molecule has 1 amide bonds. The molecular weight excluding hydrogens is 412 g/mol. The highest BCUT2D eigenvalue weighted by Crippen LogP contribution is 2.45. The summed E-state index contributed by atoms with van der Waals surface area (Å²) in [6.45, 7) is 0. The molecule has 0 radical (unpaired) electrons. The summed E-state index contributed by atoms with van der Waals surface area (Å²) >= 11 is 6.26. The molecule has 0 saturated carbocycles. The van der Waals surface area contributed by atoms with Crippen molar-refractivity contribution in [3.8, 4) is 11.3 Å². The number of halogens is 1. The summed E-state index contributed by atoms with van der Waals surface area (Å²) in [5.74, 6) is -0.0692. The highest BCUT2D eigenvalue weighted by atomic mass is 35.5. The number of para-hydroxylation sites is 1. The van der Waals surface area contributed by atoms with Gasteiger partial charge in [-0.15, -0.1) is 0 Å². The summed E-state index contributed by atoms with van der Waals surface area (Å²) in [6, 6.07) is 15.5. The third-order valence-electron chi connectivity index (χ3n) is 6.59. The van der Waals surface area contributed by atoms with Crippen LogP contribution in [0.25, 0.3) is 22.2 Å². The molecular formula is C24H21ClN4O2. The summed E-state index contributed by atoms with van der Waals surface area (Å²) in [6.07, 6.45) is 3.74. The van der Waals surface area contributed by atoms with Crippen molar-refractivity contribution in [2.24, 2.45) is 7.05 Å². The maximum atomic E-state index is 13.7. The Balaban J connectivity index is 1.45. The van der Waals surface area contributed by atoms with Crippen molar-refractivity contribution in [1.29, 1.82) is 0 Å². The van der Waals surface area contributed by atoms with E-state index in [2.05, 4.69) is 11.2 Å². The minimum atomic E-state index is -0.0692. The third-order valence-corrected chi connectivity index (χ3v) is 6.82. The normalized spacial score (nSPS) is 20.1. The first kappa shape index (κ1) is 18.6. The molecule has 2 aromatic carbocycles. The van der Waals surface area contributed by atoms with Gasteiger partial charge in [0.2, 0.25) is 0 Å². The van der Waals surface area contributed by atoms with E-state index in [-0.39, 0.29) is 18.0 Å². The average Bonchev–Trinajstić information content (AvgIpc) is 3.34. The zero-order chi connectivity index (χ0) is 21.1. The fourth-order valence-corrected chi connectivity index (χ4v) is 5.50. The molecule has 0 spiro atoms. The molecule has 2 aliphatic heterocycles. The van der Waals surface area contributed by atoms with E-state index in [1.54, 1.807) is 0 Å². The van der Waals surface area contributed by atoms with Gasteiger partial charge in [0.15, 0.2) is 11.3 Å². The second-order valence-corrected chi connectivity index (χ2v) is 8.83. The monoisotopic (exact) mass is 432 g/mol. The number of carbonyl (C=O) groups is 1. The van der Waals surface area contributed by atoms with Gasteiger partial charge in [-0.25, -0.2) is 0 Å². The molecule has 2 aromatic heterocycles. The van der Waals surface area contributed by atoms with Crippen LogP contribution in [-0.2, 0) is 13.5 Å². The van der Waals surface area contributed by atoms with E-state index in [1.807, 2.05) is 59.1 Å². The number of fused-ring (bicyclic) bond motifs is 5. The number of piperidine rings is 1. The van der Waals surface area contributed by atoms with E-state index in [4.69, 9.17) is 21.2 Å². The smallest absolute Gasteiger partial charge is 0.277 e. The molecule has 7 heteroatoms. The number of aromatic nitrogens is 3. The zero-order valence-corrected chi connectivity index (χ0v) is 17.8. The molecule has 6 nitrogen and oxygen atoms in total. The maximum absolute atomic E-state index is 13.7. The van der Waals surface area contributed by atoms with Crippen LogP contribution < -0.4 is 0 Å². The number of rotatable bonds is 2. The molecule has 2 atom stereocenters. The Kier molecular flexibility index (Phi) is 4.18. The first-order valence-corrected chi connectivity index (χ1v) is 11.0. The summed E-state index contributed by atoms with van der Waals surface area (Å²) in [5, 5.41) is 10.5. The second-order valence-electron chi connectivity index (χ2n) is 8.39. The Bertz CT molecular complexity index is 1320. The van der Waals surface area contributed by atoms with Crippen molar-refractivity contribution >= 4 is 28.5 Å². The van der Waals surface area contributed by atoms with E-state index >= 15 is 0 Å². The van der Waals surface area contributed by atoms with Gasteiger partial charge in [-0.05, 0) is 49.9 Å². The molecule has 31 heavy (non-hydrogen) atoms. The lowest BCUT2D eigenvalue weighted by molar-refractivity contribution is 0.0384. The predicted octanol–water partition coefficient (Wildman–Crippen LogP) is 5.17. The molecule has 156 valence electrons. The van der Waals surface area contributed by atoms with Gasteiger partial charge in [0, 0.05) is 29.2 Å². The number of amides is 1. The molecule has 0 N–H and O–H groups in total. The van der Waals surface area contributed by atoms with Gasteiger partial charge < -0.3 is 9.42 Å². The molecule has 6 rings (SSSR count). The van der Waals surface area contributed by atoms with Gasteiger partial charge in [0.05, 0.1) is 22.8 Å². The zero-order valence-electron chi connectivity index (χ0n) is 17.1. The lowest BCUT2D eigenvalue weighted by atomic mass is 9.81. The van der Waals surface area contributed by atoms with Crippen molar-refractivity contribution < 1.29 is 9.32 Å². The van der Waals surface area contributed by atoms with Crippen LogP contribution in [0.5, 0.6) is 0 Å². The van der Waals surface area contributed by atoms with Crippen LogP contribution in [0, 0.1) is 0 Å². The molecule has 2 aliphatic rings. The Labute approximate surface area is 184 Å². The third kappa shape index (κ3) is 2.82. The van der Waals surface area contributed by atoms with Crippen molar-refractivity contribution in [2.75, 3.05) is 0 Å². The van der Waals surface area contributed by atoms with Crippen LogP contribution in [0.15, 0.2) is 53.1 Å². The SMILES string of the molecule is Cn1nc2c(c1-c1cccc(Cl)c1)C[C@H]1CCC[C@@H]2N1C(=O)c1noc2ccccc12. The summed E-state index contributed by atoms with van der Waals surface area (Å²) < 4.78 is 7.35. The number of hydrogen-bond acceptors (Lipinski definition) is 4. The van der Waals surface area contributed by atoms with E-state index < -0.39 is 0 Å². The van der Waals surface area contributed by atoms with E-state index in [9.17, 15) is 4.79 Å². The molecule has 4 aromatic rings. The van der Waals surface area contributed by atoms with Gasteiger partial charge in [-0.3, -0.25) is 9.48 Å². The fraction of sp³-hybridized carbons (Fsp3) is 0.292. The lowest BCUT2D eigenvalue weighted by Gasteiger charge is -2.45. The maximum Gasteiger partial charge on any atom is 0.277 e. The fourth-order valence-electron chi connectivity index (χ4n) is 5.31. The first-order chi connectivity index (χ1) is 15.1. The number of nitrogens with zero attached hydrogens (tertiary/aromatic N) is 4. The van der Waals surface area contributed by atoms with Gasteiger partial charge in [0.1, 0.15) is 0 Å². The summed E-state index contributed by atoms with van der Waals surface area (Å²) in [5.41, 5.74) is 5.40. The Morgan fingerprint density at radius 3 is 2.90 bits per heavy atom. The Morgan fingerprint density at radius 2 is 2.03 bits per heavy atom. The first-order valence-electron chi connectivity index (χ1n) is 10.6. The average molecular weight is 433 g/mol. The van der Waals surface area contributed by atoms with Gasteiger partial charge in [-0.1, -0.05) is 41.0 Å². The highest BCUT2D eigenvalue weighted by Gasteiger charge is 2.44. The minimum Gasteiger partial charge on any atom is -0.355 e. The van der Waals surface area contributed by atoms with Crippen molar-refractivity contribution in [2.45, 2.75) is 37.8 Å². The molecule has 1 saturated heterocycles. The second kappa shape index (κ2) is 6.95. The largest absolute Gasteiger partial charge is 0.355 e. The summed E-state index contributed by atoms with van der Waals surface area (Å²) in [7, 11) is 1.97. The minimum absolute atomic E-state index is 0.0513. The molecule has 0 unspecified atom stereocenters. The molecule has 4 heterocycles. The predicted molar refractivity (Wildman–Crippen MR) is 118 cm³/mol. The van der Waals surface area contributed by atoms with Gasteiger partial charge >= 0.3 is 0 Å². The molecule has 0 aliphatic carbocycles. The van der Waals surface area contributed by atoms with E-state index in [0.717, 1.165) is 48.0 Å². The number of benzene rings is 2. The Morgan fingerprint density at radius 1 is 1.16 bits per heavy atom. The van der Waals surface area contributed by atoms with Crippen LogP contribution >= 0.6 is 11.6 Å². The van der Waals surface area contributed by atoms with E-state index in [1.165, 1.54) is 5.56 Å². The van der Waals surface area contributed by atoms with Crippen LogP contribution in [0.1, 0.15) is 47.1 Å². The molecule has 1 fully saturated rings. The van der Waals surface area contributed by atoms with Crippen molar-refractivity contribution in [3.05, 3.63) is 70.5 Å².